The summed E-state index contributed by atoms with van der Waals surface area (Å²) in [6, 6.07) is 0. The van der Waals surface area contributed by atoms with E-state index in [1.54, 1.807) is 25.7 Å². The molecule has 0 N–H and O–H groups in total. The molecular weight excluding hydrogens is 487 g/mol. The molecule has 12 nitrogen and oxygen atoms in total. The van der Waals surface area contributed by atoms with E-state index in [1.165, 1.54) is 0 Å². The Labute approximate surface area is 250 Å². The third kappa shape index (κ3) is 16.7. The van der Waals surface area contributed by atoms with Gasteiger partial charge in [0.25, 0.3) is 0 Å². The number of rotatable bonds is 11. The van der Waals surface area contributed by atoms with Crippen LogP contribution in [0.25, 0.3) is 0 Å². The fraction of sp³-hybridized carbons (Fsp3) is 0.818. The predicted molar refractivity (Wildman–Crippen MR) is 121 cm³/mol. The van der Waals surface area contributed by atoms with Crippen molar-refractivity contribution in [3.63, 3.8) is 0 Å². The molecule has 0 aromatic rings. The number of ether oxygens (including phenoxy) is 3. The van der Waals surface area contributed by atoms with Crippen LogP contribution in [0.5, 0.6) is 0 Å². The maximum absolute atomic E-state index is 12.1. The second-order valence-electron chi connectivity index (χ2n) is 7.89. The molecule has 1 fully saturated rings. The number of carbonyl (C=O) groups excluding carboxylic acids is 4. The van der Waals surface area contributed by atoms with Crippen LogP contribution in [0.4, 0.5) is 0 Å². The van der Waals surface area contributed by atoms with Crippen molar-refractivity contribution in [3.05, 3.63) is 0 Å². The van der Waals surface area contributed by atoms with Gasteiger partial charge in [0.1, 0.15) is 0 Å². The number of hydrogen-bond donors (Lipinski definition) is 0. The fourth-order valence-corrected chi connectivity index (χ4v) is 3.56. The molecule has 0 amide bonds. The van der Waals surface area contributed by atoms with Crippen molar-refractivity contribution in [2.45, 2.75) is 20.8 Å². The normalized spacial score (nSPS) is 17.3. The van der Waals surface area contributed by atoms with Gasteiger partial charge in [-0.1, -0.05) is 0 Å². The van der Waals surface area contributed by atoms with Crippen LogP contribution in [-0.2, 0) is 33.4 Å². The molecule has 0 atom stereocenters. The van der Waals surface area contributed by atoms with Gasteiger partial charge in [0.15, 0.2) is 0 Å². The number of aliphatic carboxylic acids is 1. The van der Waals surface area contributed by atoms with Crippen molar-refractivity contribution in [1.29, 1.82) is 0 Å². The number of carboxylic acids is 1. The summed E-state index contributed by atoms with van der Waals surface area (Å²) in [5.41, 5.74) is 0. The van der Waals surface area contributed by atoms with Gasteiger partial charge in [-0.15, -0.1) is 0 Å². The van der Waals surface area contributed by atoms with Crippen LogP contribution in [0, 0.1) is 0 Å². The Balaban J connectivity index is 0.0000116. The first kappa shape index (κ1) is 34.4. The third-order valence-electron chi connectivity index (χ3n) is 5.26. The van der Waals surface area contributed by atoms with Crippen molar-refractivity contribution in [3.8, 4) is 0 Å². The van der Waals surface area contributed by atoms with Crippen LogP contribution in [0.2, 0.25) is 0 Å². The van der Waals surface area contributed by atoms with Gasteiger partial charge in [-0.2, -0.15) is 0 Å². The maximum Gasteiger partial charge on any atom is 1.00 e. The zero-order valence-corrected chi connectivity index (χ0v) is 24.8. The average molecular weight is 527 g/mol. The molecule has 0 radical (unpaired) electrons. The van der Waals surface area contributed by atoms with Crippen LogP contribution in [0.1, 0.15) is 20.8 Å². The molecule has 0 saturated carbocycles. The van der Waals surface area contributed by atoms with Crippen LogP contribution >= 0.6 is 0 Å². The summed E-state index contributed by atoms with van der Waals surface area (Å²) in [5.74, 6) is -2.26. The summed E-state index contributed by atoms with van der Waals surface area (Å²) in [7, 11) is 0. The molecule has 1 heterocycles. The molecule has 196 valence electrons. The van der Waals surface area contributed by atoms with Crippen LogP contribution in [-0.4, -0.2) is 142 Å². The quantitative estimate of drug-likeness (QED) is 0.145. The SMILES string of the molecule is CCOC(=O)CN1CCN(CC(=O)[O-])CCN(CC(=O)OCC)CCN(CC(=O)OCC)CC1.[K+]. The van der Waals surface area contributed by atoms with Gasteiger partial charge in [-0.25, -0.2) is 0 Å². The van der Waals surface area contributed by atoms with Gasteiger partial charge in [0.2, 0.25) is 0 Å². The van der Waals surface area contributed by atoms with E-state index >= 15 is 0 Å². The Kier molecular flexibility index (Phi) is 20.0. The van der Waals surface area contributed by atoms with Crippen molar-refractivity contribution < 1.29 is 89.9 Å². The number of nitrogens with zero attached hydrogens (tertiary/aromatic N) is 4. The Hall–Kier alpha value is -0.644. The number of esters is 3. The van der Waals surface area contributed by atoms with E-state index in [2.05, 4.69) is 0 Å². The number of carboxylic acid groups (broad SMARTS) is 1. The van der Waals surface area contributed by atoms with E-state index in [0.717, 1.165) is 0 Å². The van der Waals surface area contributed by atoms with Gasteiger partial charge >= 0.3 is 69.3 Å². The Bertz CT molecular complexity index is 619. The maximum atomic E-state index is 12.1. The third-order valence-corrected chi connectivity index (χ3v) is 5.26. The van der Waals surface area contributed by atoms with Crippen molar-refractivity contribution >= 4 is 23.9 Å². The fourth-order valence-electron chi connectivity index (χ4n) is 3.56. The van der Waals surface area contributed by atoms with Crippen LogP contribution in [0.3, 0.4) is 0 Å². The Morgan fingerprint density at radius 1 is 0.543 bits per heavy atom. The van der Waals surface area contributed by atoms with E-state index in [0.29, 0.717) is 52.4 Å². The van der Waals surface area contributed by atoms with Crippen molar-refractivity contribution in [1.82, 2.24) is 19.6 Å². The minimum Gasteiger partial charge on any atom is -0.549 e. The zero-order chi connectivity index (χ0) is 25.3. The van der Waals surface area contributed by atoms with Crippen LogP contribution < -0.4 is 56.5 Å². The Morgan fingerprint density at radius 3 is 0.971 bits per heavy atom. The van der Waals surface area contributed by atoms with Crippen molar-refractivity contribution in [2.24, 2.45) is 0 Å². The van der Waals surface area contributed by atoms with E-state index in [9.17, 15) is 24.3 Å². The monoisotopic (exact) mass is 526 g/mol. The zero-order valence-electron chi connectivity index (χ0n) is 21.7. The molecule has 0 bridgehead atoms. The summed E-state index contributed by atoms with van der Waals surface area (Å²) in [6.45, 7) is 9.53. The molecule has 0 aromatic heterocycles. The minimum absolute atomic E-state index is 0. The predicted octanol–water partition coefficient (Wildman–Crippen LogP) is -5.35. The molecule has 13 heteroatoms. The molecule has 35 heavy (non-hydrogen) atoms. The van der Waals surface area contributed by atoms with Gasteiger partial charge in [-0.05, 0) is 20.8 Å². The summed E-state index contributed by atoms with van der Waals surface area (Å²) in [6.07, 6.45) is 0. The summed E-state index contributed by atoms with van der Waals surface area (Å²) in [5, 5.41) is 11.3. The molecule has 1 rings (SSSR count). The summed E-state index contributed by atoms with van der Waals surface area (Å²) >= 11 is 0. The van der Waals surface area contributed by atoms with Gasteiger partial charge in [0, 0.05) is 58.9 Å². The smallest absolute Gasteiger partial charge is 0.549 e. The van der Waals surface area contributed by atoms with Crippen molar-refractivity contribution in [2.75, 3.05) is 98.4 Å². The molecule has 0 spiro atoms. The minimum atomic E-state index is -1.19. The molecule has 0 aliphatic carbocycles. The first-order valence-corrected chi connectivity index (χ1v) is 11.8. The van der Waals surface area contributed by atoms with Gasteiger partial charge in [-0.3, -0.25) is 34.0 Å². The first-order chi connectivity index (χ1) is 16.3. The average Bonchev–Trinajstić information content (AvgIpc) is 2.75. The largest absolute Gasteiger partial charge is 1.00 e. The standard InChI is InChI=1S/C22H40N4O8.K/c1-4-32-20(29)16-24-9-7-23(15-19(27)28)8-10-25(17-21(30)33-5-2)12-14-26(13-11-24)18-22(31)34-6-3;/h4-18H2,1-3H3,(H,27,28);/q;+1/p-1. The molecule has 1 aliphatic heterocycles. The molecular formula is C22H39KN4O8. The topological polar surface area (TPSA) is 132 Å². The molecule has 0 unspecified atom stereocenters. The van der Waals surface area contributed by atoms with E-state index in [-0.39, 0.29) is 115 Å². The first-order valence-electron chi connectivity index (χ1n) is 11.8. The Morgan fingerprint density at radius 2 is 0.771 bits per heavy atom. The summed E-state index contributed by atoms with van der Waals surface area (Å²) in [4.78, 5) is 54.9. The van der Waals surface area contributed by atoms with Gasteiger partial charge < -0.3 is 24.1 Å². The molecule has 0 aromatic carbocycles. The second-order valence-corrected chi connectivity index (χ2v) is 7.89. The molecule has 1 saturated heterocycles. The molecule has 1 aliphatic rings. The number of carbonyl (C=O) groups is 4. The van der Waals surface area contributed by atoms with E-state index in [1.807, 2.05) is 14.7 Å². The number of hydrogen-bond acceptors (Lipinski definition) is 12. The van der Waals surface area contributed by atoms with E-state index in [4.69, 9.17) is 14.2 Å². The van der Waals surface area contributed by atoms with Gasteiger partial charge in [0.05, 0.1) is 45.4 Å². The second kappa shape index (κ2) is 20.4. The van der Waals surface area contributed by atoms with E-state index < -0.39 is 5.97 Å². The van der Waals surface area contributed by atoms with Crippen LogP contribution in [0.15, 0.2) is 0 Å². The summed E-state index contributed by atoms with van der Waals surface area (Å²) < 4.78 is 15.2.